The molecule has 0 aliphatic rings. The van der Waals surface area contributed by atoms with Gasteiger partial charge in [-0.25, -0.2) is 13.6 Å². The number of benzene rings is 1. The third-order valence-corrected chi connectivity index (χ3v) is 2.57. The van der Waals surface area contributed by atoms with Crippen LogP contribution in [0.1, 0.15) is 12.5 Å². The van der Waals surface area contributed by atoms with Gasteiger partial charge in [-0.2, -0.15) is 0 Å². The molecule has 1 aromatic carbocycles. The highest BCUT2D eigenvalue weighted by molar-refractivity contribution is 5.96. The minimum absolute atomic E-state index is 0.292. The first kappa shape index (κ1) is 16.8. The van der Waals surface area contributed by atoms with E-state index < -0.39 is 35.4 Å². The van der Waals surface area contributed by atoms with Gasteiger partial charge >= 0.3 is 6.03 Å². The standard InChI is InChI=1S/C13H17F2N3O3/c1-7(12(19)18-13(20)17-3)21-11-9(14)4-8(6-16-2)5-10(11)15/h4-5,7,16H,6H2,1-3H3,(H2,17,18,19,20). The minimum atomic E-state index is -1.23. The Morgan fingerprint density at radius 1 is 1.24 bits per heavy atom. The number of imide groups is 1. The molecule has 0 spiro atoms. The number of ether oxygens (including phenoxy) is 1. The van der Waals surface area contributed by atoms with Crippen molar-refractivity contribution in [2.75, 3.05) is 14.1 Å². The second-order valence-electron chi connectivity index (χ2n) is 4.25. The summed E-state index contributed by atoms with van der Waals surface area (Å²) in [4.78, 5) is 22.5. The number of carbonyl (C=O) groups is 2. The smallest absolute Gasteiger partial charge is 0.321 e. The predicted octanol–water partition coefficient (Wildman–Crippen LogP) is 0.907. The summed E-state index contributed by atoms with van der Waals surface area (Å²) in [6.07, 6.45) is -1.23. The van der Waals surface area contributed by atoms with Crippen LogP contribution in [0, 0.1) is 11.6 Å². The summed E-state index contributed by atoms with van der Waals surface area (Å²) in [5, 5.41) is 6.89. The van der Waals surface area contributed by atoms with E-state index >= 15 is 0 Å². The molecule has 1 aromatic rings. The third-order valence-electron chi connectivity index (χ3n) is 2.57. The monoisotopic (exact) mass is 301 g/mol. The summed E-state index contributed by atoms with van der Waals surface area (Å²) in [7, 11) is 2.97. The molecule has 0 saturated heterocycles. The Morgan fingerprint density at radius 2 is 1.81 bits per heavy atom. The number of rotatable bonds is 5. The van der Waals surface area contributed by atoms with Gasteiger partial charge in [0, 0.05) is 13.6 Å². The fourth-order valence-corrected chi connectivity index (χ4v) is 1.54. The molecular formula is C13H17F2N3O3. The normalized spacial score (nSPS) is 11.7. The fraction of sp³-hybridized carbons (Fsp3) is 0.385. The van der Waals surface area contributed by atoms with Gasteiger partial charge in [-0.05, 0) is 31.7 Å². The molecule has 8 heteroatoms. The van der Waals surface area contributed by atoms with E-state index in [1.807, 2.05) is 5.32 Å². The van der Waals surface area contributed by atoms with Crippen molar-refractivity contribution in [3.8, 4) is 5.75 Å². The summed E-state index contributed by atoms with van der Waals surface area (Å²) in [6, 6.07) is 1.48. The second-order valence-corrected chi connectivity index (χ2v) is 4.25. The average molecular weight is 301 g/mol. The number of hydrogen-bond donors (Lipinski definition) is 3. The SMILES string of the molecule is CNCc1cc(F)c(OC(C)C(=O)NC(=O)NC)c(F)c1. The molecule has 3 amide bonds. The Bertz CT molecular complexity index is 514. The maximum absolute atomic E-state index is 13.8. The molecule has 1 unspecified atom stereocenters. The molecule has 0 aliphatic heterocycles. The summed E-state index contributed by atoms with van der Waals surface area (Å²) in [6.45, 7) is 1.57. The van der Waals surface area contributed by atoms with E-state index in [4.69, 9.17) is 4.74 Å². The van der Waals surface area contributed by atoms with Crippen molar-refractivity contribution in [3.63, 3.8) is 0 Å². The quantitative estimate of drug-likeness (QED) is 0.755. The van der Waals surface area contributed by atoms with Crippen LogP contribution in [-0.4, -0.2) is 32.1 Å². The number of urea groups is 1. The van der Waals surface area contributed by atoms with E-state index in [0.29, 0.717) is 12.1 Å². The van der Waals surface area contributed by atoms with Crippen molar-refractivity contribution in [3.05, 3.63) is 29.3 Å². The first-order valence-electron chi connectivity index (χ1n) is 6.20. The first-order chi connectivity index (χ1) is 9.88. The van der Waals surface area contributed by atoms with Gasteiger partial charge in [0.05, 0.1) is 0 Å². The molecular weight excluding hydrogens is 284 g/mol. The Morgan fingerprint density at radius 3 is 2.29 bits per heavy atom. The molecule has 6 nitrogen and oxygen atoms in total. The van der Waals surface area contributed by atoms with E-state index in [1.54, 1.807) is 7.05 Å². The van der Waals surface area contributed by atoms with Crippen molar-refractivity contribution in [2.45, 2.75) is 19.6 Å². The molecule has 0 saturated carbocycles. The van der Waals surface area contributed by atoms with Crippen LogP contribution < -0.4 is 20.7 Å². The highest BCUT2D eigenvalue weighted by atomic mass is 19.1. The van der Waals surface area contributed by atoms with E-state index in [0.717, 1.165) is 12.1 Å². The predicted molar refractivity (Wildman–Crippen MR) is 71.8 cm³/mol. The van der Waals surface area contributed by atoms with Crippen LogP contribution in [0.15, 0.2) is 12.1 Å². The fourth-order valence-electron chi connectivity index (χ4n) is 1.54. The van der Waals surface area contributed by atoms with Crippen molar-refractivity contribution in [2.24, 2.45) is 0 Å². The number of halogens is 2. The summed E-state index contributed by atoms with van der Waals surface area (Å²) < 4.78 is 32.5. The van der Waals surface area contributed by atoms with E-state index in [-0.39, 0.29) is 0 Å². The molecule has 1 atom stereocenters. The van der Waals surface area contributed by atoms with Crippen LogP contribution in [0.4, 0.5) is 13.6 Å². The zero-order valence-corrected chi connectivity index (χ0v) is 11.9. The summed E-state index contributed by atoms with van der Waals surface area (Å²) >= 11 is 0. The van der Waals surface area contributed by atoms with Gasteiger partial charge in [0.15, 0.2) is 23.5 Å². The lowest BCUT2D eigenvalue weighted by molar-refractivity contribution is -0.126. The Labute approximate surface area is 120 Å². The van der Waals surface area contributed by atoms with E-state index in [1.165, 1.54) is 14.0 Å². The molecule has 116 valence electrons. The first-order valence-corrected chi connectivity index (χ1v) is 6.20. The minimum Gasteiger partial charge on any atom is -0.475 e. The lowest BCUT2D eigenvalue weighted by Crippen LogP contribution is -2.44. The summed E-state index contributed by atoms with van der Waals surface area (Å²) in [5.41, 5.74) is 0.405. The largest absolute Gasteiger partial charge is 0.475 e. The van der Waals surface area contributed by atoms with Crippen LogP contribution in [0.3, 0.4) is 0 Å². The van der Waals surface area contributed by atoms with Gasteiger partial charge in [0.1, 0.15) is 0 Å². The van der Waals surface area contributed by atoms with Gasteiger partial charge in [-0.3, -0.25) is 10.1 Å². The maximum Gasteiger partial charge on any atom is 0.321 e. The van der Waals surface area contributed by atoms with E-state index in [2.05, 4.69) is 10.6 Å². The number of amides is 3. The molecule has 0 fully saturated rings. The Kier molecular flexibility index (Phi) is 6.04. The molecule has 0 aromatic heterocycles. The second kappa shape index (κ2) is 7.53. The maximum atomic E-state index is 13.8. The highest BCUT2D eigenvalue weighted by Gasteiger charge is 2.21. The topological polar surface area (TPSA) is 79.5 Å². The molecule has 0 aliphatic carbocycles. The van der Waals surface area contributed by atoms with Crippen molar-refractivity contribution < 1.29 is 23.1 Å². The van der Waals surface area contributed by atoms with Crippen LogP contribution in [-0.2, 0) is 11.3 Å². The number of hydrogen-bond acceptors (Lipinski definition) is 4. The van der Waals surface area contributed by atoms with Crippen LogP contribution in [0.25, 0.3) is 0 Å². The van der Waals surface area contributed by atoms with Crippen molar-refractivity contribution in [1.29, 1.82) is 0 Å². The molecule has 0 bridgehead atoms. The highest BCUT2D eigenvalue weighted by Crippen LogP contribution is 2.24. The van der Waals surface area contributed by atoms with Gasteiger partial charge in [0.25, 0.3) is 5.91 Å². The zero-order valence-electron chi connectivity index (χ0n) is 11.9. The van der Waals surface area contributed by atoms with Gasteiger partial charge < -0.3 is 15.4 Å². The third kappa shape index (κ3) is 4.67. The van der Waals surface area contributed by atoms with Crippen molar-refractivity contribution >= 4 is 11.9 Å². The Hall–Kier alpha value is -2.22. The average Bonchev–Trinajstić information content (AvgIpc) is 2.42. The van der Waals surface area contributed by atoms with Crippen LogP contribution in [0.5, 0.6) is 5.75 Å². The number of carbonyl (C=O) groups excluding carboxylic acids is 2. The van der Waals surface area contributed by atoms with Crippen LogP contribution in [0.2, 0.25) is 0 Å². The van der Waals surface area contributed by atoms with E-state index in [9.17, 15) is 18.4 Å². The molecule has 0 heterocycles. The lowest BCUT2D eigenvalue weighted by Gasteiger charge is -2.15. The summed E-state index contributed by atoms with van der Waals surface area (Å²) in [5.74, 6) is -3.30. The van der Waals surface area contributed by atoms with Gasteiger partial charge in [-0.15, -0.1) is 0 Å². The zero-order chi connectivity index (χ0) is 16.0. The molecule has 3 N–H and O–H groups in total. The van der Waals surface area contributed by atoms with Crippen molar-refractivity contribution in [1.82, 2.24) is 16.0 Å². The number of nitrogens with one attached hydrogen (secondary N) is 3. The lowest BCUT2D eigenvalue weighted by atomic mass is 10.2. The van der Waals surface area contributed by atoms with Crippen LogP contribution >= 0.6 is 0 Å². The molecule has 0 radical (unpaired) electrons. The van der Waals surface area contributed by atoms with Gasteiger partial charge in [0.2, 0.25) is 0 Å². The molecule has 21 heavy (non-hydrogen) atoms. The Balaban J connectivity index is 2.83. The molecule has 1 rings (SSSR count). The van der Waals surface area contributed by atoms with Gasteiger partial charge in [-0.1, -0.05) is 0 Å².